The molecule has 0 unspecified atom stereocenters. The number of carbonyl (C=O) groups excluding carboxylic acids is 1. The zero-order valence-corrected chi connectivity index (χ0v) is 18.8. The van der Waals surface area contributed by atoms with Crippen LogP contribution >= 0.6 is 23.4 Å². The summed E-state index contributed by atoms with van der Waals surface area (Å²) >= 11 is 7.35. The van der Waals surface area contributed by atoms with E-state index in [2.05, 4.69) is 27.2 Å². The Bertz CT molecular complexity index is 845. The lowest BCUT2D eigenvalue weighted by atomic mass is 10.1. The van der Waals surface area contributed by atoms with Gasteiger partial charge in [-0.05, 0) is 32.0 Å². The van der Waals surface area contributed by atoms with Crippen LogP contribution in [0.1, 0.15) is 35.3 Å². The molecule has 6 nitrogen and oxygen atoms in total. The molecule has 162 valence electrons. The number of thioether (sulfide) groups is 1. The fourth-order valence-corrected chi connectivity index (χ4v) is 5.39. The molecule has 2 saturated heterocycles. The first-order chi connectivity index (χ1) is 14.8. The molecule has 0 radical (unpaired) electrons. The van der Waals surface area contributed by atoms with Crippen LogP contribution in [0, 0.1) is 0 Å². The molecule has 5 rings (SSSR count). The van der Waals surface area contributed by atoms with Crippen molar-refractivity contribution in [2.75, 3.05) is 51.8 Å². The highest BCUT2D eigenvalue weighted by atomic mass is 35.5. The molecule has 2 fully saturated rings. The van der Waals surface area contributed by atoms with Gasteiger partial charge in [-0.2, -0.15) is 5.10 Å². The number of morpholine rings is 1. The van der Waals surface area contributed by atoms with Crippen LogP contribution in [-0.2, 0) is 10.5 Å². The van der Waals surface area contributed by atoms with Gasteiger partial charge in [0.05, 0.1) is 18.9 Å². The summed E-state index contributed by atoms with van der Waals surface area (Å²) in [5.74, 6) is 1.61. The van der Waals surface area contributed by atoms with Crippen molar-refractivity contribution in [1.82, 2.24) is 20.0 Å². The Hall–Kier alpha value is -1.54. The van der Waals surface area contributed by atoms with Gasteiger partial charge in [-0.15, -0.1) is 23.4 Å². The minimum Gasteiger partial charge on any atom is -0.378 e. The van der Waals surface area contributed by atoms with Gasteiger partial charge in [-0.3, -0.25) is 9.89 Å². The summed E-state index contributed by atoms with van der Waals surface area (Å²) in [4.78, 5) is 18.1. The topological polar surface area (TPSA) is 61.5 Å². The maximum Gasteiger partial charge on any atom is 0.272 e. The van der Waals surface area contributed by atoms with E-state index in [1.54, 1.807) is 11.8 Å². The van der Waals surface area contributed by atoms with Gasteiger partial charge in [0.15, 0.2) is 0 Å². The largest absolute Gasteiger partial charge is 0.378 e. The van der Waals surface area contributed by atoms with E-state index in [1.165, 1.54) is 37.2 Å². The number of fused-ring (bicyclic) bond motifs is 3. The van der Waals surface area contributed by atoms with Crippen LogP contribution < -0.4 is 0 Å². The Morgan fingerprint density at radius 2 is 1.90 bits per heavy atom. The van der Waals surface area contributed by atoms with Crippen LogP contribution in [-0.4, -0.2) is 77.7 Å². The summed E-state index contributed by atoms with van der Waals surface area (Å²) < 4.78 is 5.30. The number of nitrogens with one attached hydrogen (secondary N) is 1. The maximum atomic E-state index is 12.6. The number of halogens is 1. The number of nitrogens with zero attached hydrogens (tertiary/aromatic N) is 3. The van der Waals surface area contributed by atoms with Gasteiger partial charge in [0, 0.05) is 47.3 Å². The molecule has 0 saturated carbocycles. The number of hydrogen-bond acceptors (Lipinski definition) is 5. The van der Waals surface area contributed by atoms with Gasteiger partial charge in [0.1, 0.15) is 5.69 Å². The molecule has 0 spiro atoms. The molecular formula is C22H29ClN4O2S. The van der Waals surface area contributed by atoms with E-state index in [0.29, 0.717) is 32.0 Å². The third-order valence-corrected chi connectivity index (χ3v) is 7.01. The molecular weight excluding hydrogens is 420 g/mol. The number of H-pyrrole nitrogens is 1. The molecule has 0 bridgehead atoms. The number of rotatable bonds is 3. The van der Waals surface area contributed by atoms with E-state index in [4.69, 9.17) is 16.3 Å². The van der Waals surface area contributed by atoms with E-state index in [0.717, 1.165) is 35.0 Å². The second-order valence-corrected chi connectivity index (χ2v) is 9.10. The van der Waals surface area contributed by atoms with E-state index >= 15 is 0 Å². The summed E-state index contributed by atoms with van der Waals surface area (Å²) in [6.45, 7) is 6.15. The molecule has 0 atom stereocenters. The zero-order chi connectivity index (χ0) is 20.8. The minimum absolute atomic E-state index is 0.0343. The van der Waals surface area contributed by atoms with Gasteiger partial charge in [-0.25, -0.2) is 0 Å². The average Bonchev–Trinajstić information content (AvgIpc) is 3.25. The molecule has 1 amide bonds. The lowest BCUT2D eigenvalue weighted by Crippen LogP contribution is -2.41. The molecule has 1 aromatic heterocycles. The highest BCUT2D eigenvalue weighted by Crippen LogP contribution is 2.41. The van der Waals surface area contributed by atoms with Crippen molar-refractivity contribution >= 4 is 29.3 Å². The summed E-state index contributed by atoms with van der Waals surface area (Å²) in [5, 5.41) is 7.36. The summed E-state index contributed by atoms with van der Waals surface area (Å²) in [6, 6.07) is 8.20. The number of likely N-dealkylation sites (tertiary alicyclic amines) is 1. The molecule has 3 aliphatic rings. The second kappa shape index (κ2) is 10.7. The smallest absolute Gasteiger partial charge is 0.272 e. The van der Waals surface area contributed by atoms with Gasteiger partial charge in [-0.1, -0.05) is 24.6 Å². The Balaban J connectivity index is 0.000000204. The zero-order valence-electron chi connectivity index (χ0n) is 17.2. The molecule has 1 aromatic carbocycles. The van der Waals surface area contributed by atoms with E-state index in [1.807, 2.05) is 17.0 Å². The predicted octanol–water partition coefficient (Wildman–Crippen LogP) is 3.87. The molecule has 2 aromatic rings. The van der Waals surface area contributed by atoms with Crippen molar-refractivity contribution < 1.29 is 9.53 Å². The second-order valence-electron chi connectivity index (χ2n) is 7.71. The van der Waals surface area contributed by atoms with Crippen LogP contribution in [0.15, 0.2) is 29.2 Å². The Labute approximate surface area is 187 Å². The van der Waals surface area contributed by atoms with Gasteiger partial charge < -0.3 is 14.5 Å². The molecule has 0 aliphatic carbocycles. The molecule has 30 heavy (non-hydrogen) atoms. The Morgan fingerprint density at radius 1 is 1.13 bits per heavy atom. The molecule has 3 aliphatic heterocycles. The van der Waals surface area contributed by atoms with Crippen molar-refractivity contribution in [2.45, 2.75) is 29.9 Å². The van der Waals surface area contributed by atoms with Crippen molar-refractivity contribution in [1.29, 1.82) is 0 Å². The first kappa shape index (κ1) is 21.7. The SMILES string of the molecule is ClCCN1CCCCC1.O=C(c1[nH]nc2c1CSc1ccccc1-2)N1CCOCC1. The minimum atomic E-state index is 0.0343. The Kier molecular flexibility index (Phi) is 7.71. The highest BCUT2D eigenvalue weighted by molar-refractivity contribution is 7.98. The Morgan fingerprint density at radius 3 is 2.67 bits per heavy atom. The van der Waals surface area contributed by atoms with Crippen LogP contribution in [0.5, 0.6) is 0 Å². The molecule has 8 heteroatoms. The van der Waals surface area contributed by atoms with Gasteiger partial charge in [0.25, 0.3) is 5.91 Å². The number of hydrogen-bond donors (Lipinski definition) is 1. The fraction of sp³-hybridized carbons (Fsp3) is 0.545. The van der Waals surface area contributed by atoms with E-state index < -0.39 is 0 Å². The normalized spacial score (nSPS) is 18.8. The lowest BCUT2D eigenvalue weighted by Gasteiger charge is -2.26. The quantitative estimate of drug-likeness (QED) is 0.722. The van der Waals surface area contributed by atoms with Crippen LogP contribution in [0.2, 0.25) is 0 Å². The number of benzene rings is 1. The number of aromatic nitrogens is 2. The van der Waals surface area contributed by atoms with Crippen molar-refractivity contribution in [2.24, 2.45) is 0 Å². The highest BCUT2D eigenvalue weighted by Gasteiger charge is 2.28. The van der Waals surface area contributed by atoms with E-state index in [-0.39, 0.29) is 5.91 Å². The predicted molar refractivity (Wildman–Crippen MR) is 121 cm³/mol. The number of carbonyl (C=O) groups is 1. The van der Waals surface area contributed by atoms with Crippen molar-refractivity contribution in [3.63, 3.8) is 0 Å². The number of alkyl halides is 1. The monoisotopic (exact) mass is 448 g/mol. The van der Waals surface area contributed by atoms with Crippen molar-refractivity contribution in [3.05, 3.63) is 35.5 Å². The number of piperidine rings is 1. The third kappa shape index (κ3) is 5.02. The maximum absolute atomic E-state index is 12.6. The number of aromatic amines is 1. The third-order valence-electron chi connectivity index (χ3n) is 5.74. The first-order valence-corrected chi connectivity index (χ1v) is 12.2. The summed E-state index contributed by atoms with van der Waals surface area (Å²) in [7, 11) is 0. The van der Waals surface area contributed by atoms with Gasteiger partial charge >= 0.3 is 0 Å². The van der Waals surface area contributed by atoms with Gasteiger partial charge in [0.2, 0.25) is 0 Å². The van der Waals surface area contributed by atoms with Crippen molar-refractivity contribution in [3.8, 4) is 11.3 Å². The summed E-state index contributed by atoms with van der Waals surface area (Å²) in [5.41, 5.74) is 3.69. The number of amides is 1. The number of ether oxygens (including phenoxy) is 1. The summed E-state index contributed by atoms with van der Waals surface area (Å²) in [6.07, 6.45) is 4.16. The molecule has 4 heterocycles. The average molecular weight is 449 g/mol. The molecule has 1 N–H and O–H groups in total. The standard InChI is InChI=1S/C15H15N3O2S.C7H14ClN/c19-15(18-5-7-20-8-6-18)14-11-9-21-12-4-2-1-3-10(12)13(11)16-17-14;8-4-7-9-5-2-1-3-6-9/h1-4H,5-9H2,(H,16,17);1-7H2. The van der Waals surface area contributed by atoms with Crippen LogP contribution in [0.3, 0.4) is 0 Å². The van der Waals surface area contributed by atoms with Crippen LogP contribution in [0.4, 0.5) is 0 Å². The fourth-order valence-electron chi connectivity index (χ4n) is 4.07. The first-order valence-electron chi connectivity index (χ1n) is 10.7. The van der Waals surface area contributed by atoms with E-state index in [9.17, 15) is 4.79 Å². The van der Waals surface area contributed by atoms with Crippen LogP contribution in [0.25, 0.3) is 11.3 Å². The lowest BCUT2D eigenvalue weighted by molar-refractivity contribution is 0.0298.